The molecule has 0 unspecified atom stereocenters. The highest BCUT2D eigenvalue weighted by molar-refractivity contribution is 7.13. The van der Waals surface area contributed by atoms with Crippen molar-refractivity contribution in [1.29, 1.82) is 0 Å². The van der Waals surface area contributed by atoms with E-state index in [1.54, 1.807) is 0 Å². The fourth-order valence-corrected chi connectivity index (χ4v) is 3.58. The van der Waals surface area contributed by atoms with E-state index >= 15 is 0 Å². The van der Waals surface area contributed by atoms with Crippen LogP contribution in [0.3, 0.4) is 0 Å². The number of nitrogens with one attached hydrogen (secondary N) is 1. The highest BCUT2D eigenvalue weighted by atomic mass is 32.1. The smallest absolute Gasteiger partial charge is 0.226 e. The second-order valence-corrected chi connectivity index (χ2v) is 6.98. The number of carbonyl (C=O) groups excluding carboxylic acids is 1. The number of hydrogen-bond donors (Lipinski definition) is 1. The van der Waals surface area contributed by atoms with E-state index in [0.29, 0.717) is 24.6 Å². The summed E-state index contributed by atoms with van der Waals surface area (Å²) in [5.74, 6) is 0.827. The Bertz CT molecular complexity index is 714. The minimum atomic E-state index is -0.0245. The molecule has 1 aliphatic heterocycles. The number of aryl methyl sites for hydroxylation is 1. The van der Waals surface area contributed by atoms with Crippen molar-refractivity contribution in [3.05, 3.63) is 40.9 Å². The summed E-state index contributed by atoms with van der Waals surface area (Å²) in [6.07, 6.45) is 1.05. The average molecular weight is 375 g/mol. The third-order valence-corrected chi connectivity index (χ3v) is 4.99. The highest BCUT2D eigenvalue weighted by Crippen LogP contribution is 2.21. The van der Waals surface area contributed by atoms with Gasteiger partial charge in [0.05, 0.1) is 25.5 Å². The molecule has 2 aromatic rings. The second-order valence-electron chi connectivity index (χ2n) is 6.12. The molecule has 0 radical (unpaired) electrons. The Labute approximate surface area is 158 Å². The fourth-order valence-electron chi connectivity index (χ4n) is 2.86. The standard InChI is InChI=1S/C19H25N3O3S/c1-2-25-17-6-4-3-5-15(17)7-8-18(23)21-19-20-16(14-26-19)13-22-9-11-24-12-10-22/h3-6,14H,2,7-13H2,1H3,(H,20,21,23). The summed E-state index contributed by atoms with van der Waals surface area (Å²) < 4.78 is 11.0. The number of ether oxygens (including phenoxy) is 2. The number of para-hydroxylation sites is 1. The molecule has 0 atom stereocenters. The maximum atomic E-state index is 12.2. The molecule has 7 heteroatoms. The summed E-state index contributed by atoms with van der Waals surface area (Å²) in [6, 6.07) is 7.85. The Morgan fingerprint density at radius 1 is 1.35 bits per heavy atom. The molecule has 0 saturated carbocycles. The zero-order valence-corrected chi connectivity index (χ0v) is 15.9. The number of morpholine rings is 1. The van der Waals surface area contributed by atoms with Gasteiger partial charge in [0.25, 0.3) is 0 Å². The van der Waals surface area contributed by atoms with E-state index in [1.165, 1.54) is 11.3 Å². The van der Waals surface area contributed by atoms with Crippen molar-refractivity contribution in [3.8, 4) is 5.75 Å². The molecule has 0 spiro atoms. The lowest BCUT2D eigenvalue weighted by molar-refractivity contribution is -0.116. The van der Waals surface area contributed by atoms with E-state index in [-0.39, 0.29) is 5.91 Å². The van der Waals surface area contributed by atoms with Gasteiger partial charge >= 0.3 is 0 Å². The van der Waals surface area contributed by atoms with Crippen LogP contribution >= 0.6 is 11.3 Å². The zero-order valence-electron chi connectivity index (χ0n) is 15.1. The molecule has 0 aliphatic carbocycles. The van der Waals surface area contributed by atoms with Crippen LogP contribution in [0.25, 0.3) is 0 Å². The molecule has 6 nitrogen and oxygen atoms in total. The third kappa shape index (κ3) is 5.52. The Morgan fingerprint density at radius 3 is 2.96 bits per heavy atom. The summed E-state index contributed by atoms with van der Waals surface area (Å²) in [7, 11) is 0. The number of amides is 1. The number of nitrogens with zero attached hydrogens (tertiary/aromatic N) is 2. The molecule has 1 amide bonds. The lowest BCUT2D eigenvalue weighted by Crippen LogP contribution is -2.35. The van der Waals surface area contributed by atoms with E-state index in [4.69, 9.17) is 9.47 Å². The van der Waals surface area contributed by atoms with Crippen molar-refractivity contribution in [2.45, 2.75) is 26.3 Å². The van der Waals surface area contributed by atoms with Crippen molar-refractivity contribution >= 4 is 22.4 Å². The maximum absolute atomic E-state index is 12.2. The van der Waals surface area contributed by atoms with Crippen molar-refractivity contribution in [2.24, 2.45) is 0 Å². The van der Waals surface area contributed by atoms with Crippen molar-refractivity contribution in [1.82, 2.24) is 9.88 Å². The number of aromatic nitrogens is 1. The average Bonchev–Trinajstić information content (AvgIpc) is 3.09. The quantitative estimate of drug-likeness (QED) is 0.769. The Kier molecular flexibility index (Phi) is 6.99. The van der Waals surface area contributed by atoms with Gasteiger partial charge in [-0.3, -0.25) is 9.69 Å². The number of thiazole rings is 1. The highest BCUT2D eigenvalue weighted by Gasteiger charge is 2.14. The van der Waals surface area contributed by atoms with Gasteiger partial charge < -0.3 is 14.8 Å². The van der Waals surface area contributed by atoms with Crippen LogP contribution < -0.4 is 10.1 Å². The van der Waals surface area contributed by atoms with Crippen LogP contribution in [0.1, 0.15) is 24.6 Å². The van der Waals surface area contributed by atoms with E-state index in [0.717, 1.165) is 49.9 Å². The van der Waals surface area contributed by atoms with Crippen molar-refractivity contribution in [3.63, 3.8) is 0 Å². The van der Waals surface area contributed by atoms with Crippen molar-refractivity contribution < 1.29 is 14.3 Å². The van der Waals surface area contributed by atoms with Crippen LogP contribution in [0.2, 0.25) is 0 Å². The topological polar surface area (TPSA) is 63.7 Å². The monoisotopic (exact) mass is 375 g/mol. The van der Waals surface area contributed by atoms with E-state index in [9.17, 15) is 4.79 Å². The number of benzene rings is 1. The van der Waals surface area contributed by atoms with Gasteiger partial charge in [-0.2, -0.15) is 0 Å². The summed E-state index contributed by atoms with van der Waals surface area (Å²) in [5, 5.41) is 5.58. The van der Waals surface area contributed by atoms with Gasteiger partial charge in [0, 0.05) is 31.4 Å². The zero-order chi connectivity index (χ0) is 18.2. The lowest BCUT2D eigenvalue weighted by atomic mass is 10.1. The number of hydrogen-bond acceptors (Lipinski definition) is 6. The molecular formula is C19H25N3O3S. The molecule has 1 aliphatic rings. The molecule has 0 bridgehead atoms. The van der Waals surface area contributed by atoms with Gasteiger partial charge in [-0.1, -0.05) is 18.2 Å². The number of carbonyl (C=O) groups is 1. The minimum Gasteiger partial charge on any atom is -0.494 e. The van der Waals surface area contributed by atoms with Crippen LogP contribution in [-0.4, -0.2) is 48.7 Å². The fraction of sp³-hybridized carbons (Fsp3) is 0.474. The number of rotatable bonds is 8. The molecule has 26 heavy (non-hydrogen) atoms. The van der Waals surface area contributed by atoms with Crippen LogP contribution in [0.4, 0.5) is 5.13 Å². The van der Waals surface area contributed by atoms with Gasteiger partial charge in [0.1, 0.15) is 5.75 Å². The molecule has 1 N–H and O–H groups in total. The maximum Gasteiger partial charge on any atom is 0.226 e. The van der Waals surface area contributed by atoms with Gasteiger partial charge in [0.2, 0.25) is 5.91 Å². The third-order valence-electron chi connectivity index (χ3n) is 4.18. The van der Waals surface area contributed by atoms with Crippen LogP contribution in [0, 0.1) is 0 Å². The molecule has 1 fully saturated rings. The normalized spacial score (nSPS) is 15.0. The molecule has 1 aromatic heterocycles. The SMILES string of the molecule is CCOc1ccccc1CCC(=O)Nc1nc(CN2CCOCC2)cs1. The first-order valence-electron chi connectivity index (χ1n) is 8.99. The van der Waals surface area contributed by atoms with Gasteiger partial charge in [-0.05, 0) is 25.0 Å². The first kappa shape index (κ1) is 18.8. The second kappa shape index (κ2) is 9.66. The molecule has 2 heterocycles. The first-order valence-corrected chi connectivity index (χ1v) is 9.87. The van der Waals surface area contributed by atoms with Crippen molar-refractivity contribution in [2.75, 3.05) is 38.2 Å². The predicted octanol–water partition coefficient (Wildman–Crippen LogP) is 2.95. The van der Waals surface area contributed by atoms with E-state index < -0.39 is 0 Å². The van der Waals surface area contributed by atoms with Crippen LogP contribution in [0.15, 0.2) is 29.6 Å². The summed E-state index contributed by atoms with van der Waals surface area (Å²) >= 11 is 1.47. The predicted molar refractivity (Wildman–Crippen MR) is 103 cm³/mol. The van der Waals surface area contributed by atoms with Crippen LogP contribution in [-0.2, 0) is 22.5 Å². The number of anilines is 1. The summed E-state index contributed by atoms with van der Waals surface area (Å²) in [6.45, 7) is 6.79. The molecule has 140 valence electrons. The van der Waals surface area contributed by atoms with Gasteiger partial charge in [-0.15, -0.1) is 11.3 Å². The Morgan fingerprint density at radius 2 is 2.15 bits per heavy atom. The Balaban J connectivity index is 1.48. The molecule has 1 aromatic carbocycles. The summed E-state index contributed by atoms with van der Waals surface area (Å²) in [5.41, 5.74) is 2.05. The molecule has 3 rings (SSSR count). The largest absolute Gasteiger partial charge is 0.494 e. The summed E-state index contributed by atoms with van der Waals surface area (Å²) in [4.78, 5) is 19.1. The van der Waals surface area contributed by atoms with Gasteiger partial charge in [-0.25, -0.2) is 4.98 Å². The van der Waals surface area contributed by atoms with Crippen LogP contribution in [0.5, 0.6) is 5.75 Å². The van der Waals surface area contributed by atoms with E-state index in [1.807, 2.05) is 36.6 Å². The Hall–Kier alpha value is -1.96. The first-order chi connectivity index (χ1) is 12.7. The van der Waals surface area contributed by atoms with E-state index in [2.05, 4.69) is 15.2 Å². The molecular weight excluding hydrogens is 350 g/mol. The van der Waals surface area contributed by atoms with Gasteiger partial charge in [0.15, 0.2) is 5.13 Å². The minimum absolute atomic E-state index is 0.0245. The molecule has 1 saturated heterocycles. The lowest BCUT2D eigenvalue weighted by Gasteiger charge is -2.25.